The summed E-state index contributed by atoms with van der Waals surface area (Å²) in [6, 6.07) is 22.0. The van der Waals surface area contributed by atoms with E-state index in [0.29, 0.717) is 12.6 Å². The fourth-order valence-corrected chi connectivity index (χ4v) is 3.56. The van der Waals surface area contributed by atoms with Crippen LogP contribution in [0.25, 0.3) is 0 Å². The fourth-order valence-electron chi connectivity index (χ4n) is 2.86. The molecule has 1 N–H and O–H groups in total. The summed E-state index contributed by atoms with van der Waals surface area (Å²) in [4.78, 5) is 15.9. The number of carbonyl (C=O) groups is 1. The molecule has 27 heavy (non-hydrogen) atoms. The number of nitrogens with one attached hydrogen (secondary N) is 1. The molecular formula is C23H20N2OS. The van der Waals surface area contributed by atoms with Gasteiger partial charge in [-0.1, -0.05) is 42.2 Å². The molecule has 1 fully saturated rings. The molecule has 0 bridgehead atoms. The summed E-state index contributed by atoms with van der Waals surface area (Å²) >= 11 is 1.69. The highest BCUT2D eigenvalue weighted by Gasteiger charge is 2.32. The number of thiophene rings is 1. The topological polar surface area (TPSA) is 32.3 Å². The first kappa shape index (κ1) is 17.4. The van der Waals surface area contributed by atoms with E-state index in [-0.39, 0.29) is 6.03 Å². The summed E-state index contributed by atoms with van der Waals surface area (Å²) in [5.74, 6) is 6.31. The minimum atomic E-state index is -0.0425. The number of anilines is 1. The van der Waals surface area contributed by atoms with Crippen LogP contribution in [0.15, 0.2) is 72.1 Å². The van der Waals surface area contributed by atoms with Gasteiger partial charge in [0.2, 0.25) is 0 Å². The number of amides is 2. The van der Waals surface area contributed by atoms with Crippen LogP contribution in [0.1, 0.15) is 28.8 Å². The Hall–Kier alpha value is -3.03. The van der Waals surface area contributed by atoms with Crippen LogP contribution >= 0.6 is 11.3 Å². The van der Waals surface area contributed by atoms with Gasteiger partial charge >= 0.3 is 6.03 Å². The summed E-state index contributed by atoms with van der Waals surface area (Å²) in [6.45, 7) is 0.668. The van der Waals surface area contributed by atoms with E-state index >= 15 is 0 Å². The van der Waals surface area contributed by atoms with Crippen molar-refractivity contribution in [1.82, 2.24) is 4.90 Å². The van der Waals surface area contributed by atoms with Crippen molar-refractivity contribution in [1.29, 1.82) is 0 Å². The van der Waals surface area contributed by atoms with E-state index in [1.807, 2.05) is 70.9 Å². The molecule has 0 spiro atoms. The fraction of sp³-hybridized carbons (Fsp3) is 0.174. The van der Waals surface area contributed by atoms with Gasteiger partial charge in [0.25, 0.3) is 0 Å². The van der Waals surface area contributed by atoms with Crippen molar-refractivity contribution in [2.75, 3.05) is 5.32 Å². The van der Waals surface area contributed by atoms with E-state index in [9.17, 15) is 4.79 Å². The molecule has 1 saturated carbocycles. The standard InChI is InChI=1S/C23H20N2OS/c26-23(25(21-13-14-21)17-22-10-5-15-27-22)24-20-9-4-8-19(16-20)12-11-18-6-2-1-3-7-18/h1-10,15-16,21H,13-14,17H2,(H,24,26). The average molecular weight is 372 g/mol. The van der Waals surface area contributed by atoms with Gasteiger partial charge in [0.15, 0.2) is 0 Å². The summed E-state index contributed by atoms with van der Waals surface area (Å²) in [5.41, 5.74) is 2.63. The predicted molar refractivity (Wildman–Crippen MR) is 111 cm³/mol. The van der Waals surface area contributed by atoms with Crippen LogP contribution in [0.4, 0.5) is 10.5 Å². The van der Waals surface area contributed by atoms with Crippen LogP contribution in [0, 0.1) is 11.8 Å². The van der Waals surface area contributed by atoms with Crippen molar-refractivity contribution < 1.29 is 4.79 Å². The molecule has 4 heteroatoms. The number of carbonyl (C=O) groups excluding carboxylic acids is 1. The van der Waals surface area contributed by atoms with Crippen molar-refractivity contribution in [3.8, 4) is 11.8 Å². The number of urea groups is 1. The molecule has 0 atom stereocenters. The summed E-state index contributed by atoms with van der Waals surface area (Å²) in [5, 5.41) is 5.09. The normalized spacial score (nSPS) is 12.7. The van der Waals surface area contributed by atoms with Crippen LogP contribution < -0.4 is 5.32 Å². The molecule has 134 valence electrons. The van der Waals surface area contributed by atoms with Gasteiger partial charge in [-0.05, 0) is 54.6 Å². The Morgan fingerprint density at radius 2 is 1.78 bits per heavy atom. The van der Waals surface area contributed by atoms with Crippen molar-refractivity contribution in [3.05, 3.63) is 88.1 Å². The van der Waals surface area contributed by atoms with E-state index in [1.54, 1.807) is 11.3 Å². The Balaban J connectivity index is 1.45. The molecule has 3 aromatic rings. The first-order chi connectivity index (χ1) is 13.3. The highest BCUT2D eigenvalue weighted by Crippen LogP contribution is 2.30. The Morgan fingerprint density at radius 3 is 2.52 bits per heavy atom. The number of hydrogen-bond donors (Lipinski definition) is 1. The molecule has 1 aliphatic rings. The highest BCUT2D eigenvalue weighted by molar-refractivity contribution is 7.09. The van der Waals surface area contributed by atoms with Gasteiger partial charge in [-0.15, -0.1) is 11.3 Å². The van der Waals surface area contributed by atoms with Gasteiger partial charge in [-0.25, -0.2) is 4.79 Å². The van der Waals surface area contributed by atoms with E-state index < -0.39 is 0 Å². The molecular weight excluding hydrogens is 352 g/mol. The maximum Gasteiger partial charge on any atom is 0.322 e. The average Bonchev–Trinajstić information content (AvgIpc) is 3.41. The number of rotatable bonds is 4. The number of hydrogen-bond acceptors (Lipinski definition) is 2. The third-order valence-corrected chi connectivity index (χ3v) is 5.25. The van der Waals surface area contributed by atoms with Crippen LogP contribution in [-0.4, -0.2) is 17.0 Å². The minimum Gasteiger partial charge on any atom is -0.316 e. The van der Waals surface area contributed by atoms with Crippen LogP contribution in [0.3, 0.4) is 0 Å². The second-order valence-electron chi connectivity index (χ2n) is 6.57. The first-order valence-corrected chi connectivity index (χ1v) is 9.93. The number of benzene rings is 2. The van der Waals surface area contributed by atoms with Crippen LogP contribution in [-0.2, 0) is 6.54 Å². The summed E-state index contributed by atoms with van der Waals surface area (Å²) in [6.07, 6.45) is 2.17. The van der Waals surface area contributed by atoms with Gasteiger partial charge in [-0.3, -0.25) is 0 Å². The Morgan fingerprint density at radius 1 is 1.00 bits per heavy atom. The largest absolute Gasteiger partial charge is 0.322 e. The highest BCUT2D eigenvalue weighted by atomic mass is 32.1. The zero-order chi connectivity index (χ0) is 18.5. The lowest BCUT2D eigenvalue weighted by molar-refractivity contribution is 0.206. The molecule has 1 heterocycles. The predicted octanol–water partition coefficient (Wildman–Crippen LogP) is 5.34. The Bertz CT molecular complexity index is 966. The molecule has 0 aliphatic heterocycles. The molecule has 1 aliphatic carbocycles. The van der Waals surface area contributed by atoms with Gasteiger partial charge in [-0.2, -0.15) is 0 Å². The zero-order valence-corrected chi connectivity index (χ0v) is 15.7. The molecule has 4 rings (SSSR count). The minimum absolute atomic E-state index is 0.0425. The molecule has 2 aromatic carbocycles. The smallest absolute Gasteiger partial charge is 0.316 e. The SMILES string of the molecule is O=C(Nc1cccc(C#Cc2ccccc2)c1)N(Cc1cccs1)C1CC1. The summed E-state index contributed by atoms with van der Waals surface area (Å²) < 4.78 is 0. The summed E-state index contributed by atoms with van der Waals surface area (Å²) in [7, 11) is 0. The van der Waals surface area contributed by atoms with Crippen LogP contribution in [0.5, 0.6) is 0 Å². The Kier molecular flexibility index (Phi) is 5.22. The molecule has 0 unspecified atom stereocenters. The van der Waals surface area contributed by atoms with E-state index in [0.717, 1.165) is 29.7 Å². The van der Waals surface area contributed by atoms with Crippen LogP contribution in [0.2, 0.25) is 0 Å². The molecule has 0 radical (unpaired) electrons. The molecule has 1 aromatic heterocycles. The van der Waals surface area contributed by atoms with Gasteiger partial charge in [0.1, 0.15) is 0 Å². The van der Waals surface area contributed by atoms with Gasteiger partial charge < -0.3 is 10.2 Å². The lowest BCUT2D eigenvalue weighted by Crippen LogP contribution is -2.36. The Labute approximate surface area is 163 Å². The van der Waals surface area contributed by atoms with E-state index in [4.69, 9.17) is 0 Å². The zero-order valence-electron chi connectivity index (χ0n) is 14.9. The lowest BCUT2D eigenvalue weighted by atomic mass is 10.1. The number of nitrogens with zero attached hydrogens (tertiary/aromatic N) is 1. The van der Waals surface area contributed by atoms with Crippen molar-refractivity contribution in [2.24, 2.45) is 0 Å². The van der Waals surface area contributed by atoms with Crippen molar-refractivity contribution in [2.45, 2.75) is 25.4 Å². The van der Waals surface area contributed by atoms with Gasteiger partial charge in [0.05, 0.1) is 6.54 Å². The quantitative estimate of drug-likeness (QED) is 0.616. The maximum absolute atomic E-state index is 12.8. The van der Waals surface area contributed by atoms with Gasteiger partial charge in [0, 0.05) is 27.7 Å². The lowest BCUT2D eigenvalue weighted by Gasteiger charge is -2.22. The third-order valence-electron chi connectivity index (χ3n) is 4.39. The molecule has 3 nitrogen and oxygen atoms in total. The van der Waals surface area contributed by atoms with Crippen molar-refractivity contribution in [3.63, 3.8) is 0 Å². The van der Waals surface area contributed by atoms with Crippen molar-refractivity contribution >= 4 is 23.1 Å². The van der Waals surface area contributed by atoms with E-state index in [1.165, 1.54) is 4.88 Å². The van der Waals surface area contributed by atoms with E-state index in [2.05, 4.69) is 23.2 Å². The monoisotopic (exact) mass is 372 g/mol. The first-order valence-electron chi connectivity index (χ1n) is 9.05. The third kappa shape index (κ3) is 4.78. The maximum atomic E-state index is 12.8. The molecule has 0 saturated heterocycles. The molecule has 2 amide bonds. The second-order valence-corrected chi connectivity index (χ2v) is 7.60. The second kappa shape index (κ2) is 8.11.